The first kappa shape index (κ1) is 27.5. The van der Waals surface area contributed by atoms with Gasteiger partial charge < -0.3 is 20.7 Å². The van der Waals surface area contributed by atoms with Gasteiger partial charge in [0.15, 0.2) is 5.96 Å². The number of likely N-dealkylation sites (tertiary alicyclic amines) is 1. The van der Waals surface area contributed by atoms with Crippen LogP contribution in [0.3, 0.4) is 0 Å². The molecule has 1 heterocycles. The lowest BCUT2D eigenvalue weighted by Gasteiger charge is -2.35. The molecule has 3 N–H and O–H groups in total. The molecule has 0 aliphatic carbocycles. The summed E-state index contributed by atoms with van der Waals surface area (Å²) in [4.78, 5) is 18.8. The number of amides is 1. The van der Waals surface area contributed by atoms with E-state index >= 15 is 0 Å². The molecule has 2 unspecified atom stereocenters. The van der Waals surface area contributed by atoms with Gasteiger partial charge in [-0.15, -0.1) is 24.0 Å². The topological polar surface area (TPSA) is 78.0 Å². The summed E-state index contributed by atoms with van der Waals surface area (Å²) < 4.78 is 5.31. The molecule has 1 aliphatic heterocycles. The molecular formula is C23H40IN5O2. The van der Waals surface area contributed by atoms with Gasteiger partial charge in [0.25, 0.3) is 0 Å². The van der Waals surface area contributed by atoms with Crippen molar-refractivity contribution in [3.05, 3.63) is 29.8 Å². The van der Waals surface area contributed by atoms with Crippen molar-refractivity contribution in [1.82, 2.24) is 20.9 Å². The van der Waals surface area contributed by atoms with Crippen LogP contribution in [0, 0.1) is 0 Å². The fourth-order valence-corrected chi connectivity index (χ4v) is 3.67. The summed E-state index contributed by atoms with van der Waals surface area (Å²) in [6.07, 6.45) is 5.15. The number of nitrogens with zero attached hydrogens (tertiary/aromatic N) is 2. The third-order valence-electron chi connectivity index (χ3n) is 5.68. The highest BCUT2D eigenvalue weighted by Gasteiger charge is 2.22. The fraction of sp³-hybridized carbons (Fsp3) is 0.652. The summed E-state index contributed by atoms with van der Waals surface area (Å²) in [6, 6.07) is 8.82. The van der Waals surface area contributed by atoms with E-state index in [4.69, 9.17) is 4.74 Å². The summed E-state index contributed by atoms with van der Waals surface area (Å²) in [5, 5.41) is 9.70. The third kappa shape index (κ3) is 9.64. The molecule has 31 heavy (non-hydrogen) atoms. The van der Waals surface area contributed by atoms with Crippen molar-refractivity contribution in [2.24, 2.45) is 4.99 Å². The van der Waals surface area contributed by atoms with Crippen LogP contribution in [0.4, 0.5) is 0 Å². The van der Waals surface area contributed by atoms with E-state index in [-0.39, 0.29) is 42.0 Å². The van der Waals surface area contributed by atoms with Gasteiger partial charge in [-0.2, -0.15) is 0 Å². The zero-order chi connectivity index (χ0) is 21.8. The van der Waals surface area contributed by atoms with E-state index < -0.39 is 0 Å². The maximum Gasteiger partial charge on any atom is 0.221 e. The number of halogens is 1. The number of ether oxygens (including phenoxy) is 1. The van der Waals surface area contributed by atoms with Crippen LogP contribution in [-0.4, -0.2) is 63.1 Å². The van der Waals surface area contributed by atoms with Crippen LogP contribution in [0.15, 0.2) is 29.3 Å². The predicted octanol–water partition coefficient (Wildman–Crippen LogP) is 3.31. The van der Waals surface area contributed by atoms with Crippen LogP contribution >= 0.6 is 24.0 Å². The van der Waals surface area contributed by atoms with Crippen LogP contribution < -0.4 is 20.7 Å². The van der Waals surface area contributed by atoms with Crippen LogP contribution in [0.5, 0.6) is 5.75 Å². The monoisotopic (exact) mass is 545 g/mol. The number of benzene rings is 1. The van der Waals surface area contributed by atoms with Crippen molar-refractivity contribution < 1.29 is 9.53 Å². The lowest BCUT2D eigenvalue weighted by atomic mass is 10.0. The second kappa shape index (κ2) is 15.3. The normalized spacial score (nSPS) is 16.6. The Bertz CT molecular complexity index is 662. The van der Waals surface area contributed by atoms with Crippen molar-refractivity contribution >= 4 is 35.8 Å². The Hall–Kier alpha value is -1.55. The van der Waals surface area contributed by atoms with Gasteiger partial charge >= 0.3 is 0 Å². The van der Waals surface area contributed by atoms with Crippen molar-refractivity contribution in [2.45, 2.75) is 58.0 Å². The quantitative estimate of drug-likeness (QED) is 0.239. The fourth-order valence-electron chi connectivity index (χ4n) is 3.67. The second-order valence-electron chi connectivity index (χ2n) is 7.89. The summed E-state index contributed by atoms with van der Waals surface area (Å²) in [5.41, 5.74) is 1.27. The van der Waals surface area contributed by atoms with E-state index in [2.05, 4.69) is 44.9 Å². The largest absolute Gasteiger partial charge is 0.497 e. The minimum atomic E-state index is 0. The predicted molar refractivity (Wildman–Crippen MR) is 138 cm³/mol. The Balaban J connectivity index is 0.00000480. The van der Waals surface area contributed by atoms with Gasteiger partial charge in [0.1, 0.15) is 5.75 Å². The van der Waals surface area contributed by atoms with E-state index in [9.17, 15) is 4.79 Å². The number of nitrogens with one attached hydrogen (secondary N) is 3. The smallest absolute Gasteiger partial charge is 0.221 e. The van der Waals surface area contributed by atoms with Crippen LogP contribution in [-0.2, 0) is 4.79 Å². The maximum absolute atomic E-state index is 12.0. The molecule has 0 bridgehead atoms. The van der Waals surface area contributed by atoms with E-state index in [0.717, 1.165) is 37.8 Å². The lowest BCUT2D eigenvalue weighted by molar-refractivity contribution is -0.121. The lowest BCUT2D eigenvalue weighted by Crippen LogP contribution is -2.45. The molecule has 1 amide bonds. The number of aliphatic imine (C=N–C) groups is 1. The average molecular weight is 546 g/mol. The standard InChI is InChI=1S/C23H39N5O2.HI/c1-5-18(2)27-22(29)13-14-25-23(24-3)26-17-21(28-15-7-6-8-16-28)19-9-11-20(30-4)12-10-19;/h9-12,18,21H,5-8,13-17H2,1-4H3,(H,27,29)(H2,24,25,26);1H. The van der Waals surface area contributed by atoms with E-state index in [1.54, 1.807) is 14.2 Å². The van der Waals surface area contributed by atoms with Crippen molar-refractivity contribution in [3.63, 3.8) is 0 Å². The van der Waals surface area contributed by atoms with Gasteiger partial charge in [-0.25, -0.2) is 0 Å². The SMILES string of the molecule is CCC(C)NC(=O)CCNC(=NC)NCC(c1ccc(OC)cc1)N1CCCCC1.I. The van der Waals surface area contributed by atoms with E-state index in [1.165, 1.54) is 24.8 Å². The molecule has 0 spiro atoms. The maximum atomic E-state index is 12.0. The van der Waals surface area contributed by atoms with Crippen LogP contribution in [0.25, 0.3) is 0 Å². The summed E-state index contributed by atoms with van der Waals surface area (Å²) in [7, 11) is 3.45. The Labute approximate surface area is 204 Å². The number of carbonyl (C=O) groups excluding carboxylic acids is 1. The molecule has 8 heteroatoms. The summed E-state index contributed by atoms with van der Waals surface area (Å²) in [5.74, 6) is 1.66. The molecule has 1 aromatic rings. The van der Waals surface area contributed by atoms with Gasteiger partial charge in [-0.05, 0) is 57.0 Å². The highest BCUT2D eigenvalue weighted by molar-refractivity contribution is 14.0. The van der Waals surface area contributed by atoms with Crippen molar-refractivity contribution in [2.75, 3.05) is 40.3 Å². The number of hydrogen-bond acceptors (Lipinski definition) is 4. The number of methoxy groups -OCH3 is 1. The van der Waals surface area contributed by atoms with Crippen molar-refractivity contribution in [1.29, 1.82) is 0 Å². The molecule has 1 saturated heterocycles. The zero-order valence-electron chi connectivity index (χ0n) is 19.4. The average Bonchev–Trinajstić information content (AvgIpc) is 2.79. The molecule has 2 rings (SSSR count). The van der Waals surface area contributed by atoms with Crippen molar-refractivity contribution in [3.8, 4) is 5.75 Å². The molecule has 0 saturated carbocycles. The highest BCUT2D eigenvalue weighted by atomic mass is 127. The molecular weight excluding hydrogens is 505 g/mol. The first-order chi connectivity index (χ1) is 14.6. The van der Waals surface area contributed by atoms with Gasteiger partial charge in [0.2, 0.25) is 5.91 Å². The number of carbonyl (C=O) groups is 1. The molecule has 0 radical (unpaired) electrons. The van der Waals surface area contributed by atoms with E-state index in [1.807, 2.05) is 19.1 Å². The number of rotatable bonds is 10. The third-order valence-corrected chi connectivity index (χ3v) is 5.68. The van der Waals surface area contributed by atoms with Crippen LogP contribution in [0.2, 0.25) is 0 Å². The first-order valence-electron chi connectivity index (χ1n) is 11.2. The Morgan fingerprint density at radius 1 is 1.16 bits per heavy atom. The minimum Gasteiger partial charge on any atom is -0.497 e. The Morgan fingerprint density at radius 3 is 2.42 bits per heavy atom. The molecule has 1 aromatic carbocycles. The molecule has 2 atom stereocenters. The molecule has 7 nitrogen and oxygen atoms in total. The molecule has 0 aromatic heterocycles. The number of hydrogen-bond donors (Lipinski definition) is 3. The first-order valence-corrected chi connectivity index (χ1v) is 11.2. The van der Waals surface area contributed by atoms with Gasteiger partial charge in [0, 0.05) is 32.6 Å². The van der Waals surface area contributed by atoms with Gasteiger partial charge in [-0.3, -0.25) is 14.7 Å². The Morgan fingerprint density at radius 2 is 1.84 bits per heavy atom. The summed E-state index contributed by atoms with van der Waals surface area (Å²) in [6.45, 7) is 7.62. The minimum absolute atomic E-state index is 0. The number of guanidine groups is 1. The van der Waals surface area contributed by atoms with E-state index in [0.29, 0.717) is 13.0 Å². The molecule has 1 fully saturated rings. The van der Waals surface area contributed by atoms with Gasteiger partial charge in [0.05, 0.1) is 13.2 Å². The zero-order valence-corrected chi connectivity index (χ0v) is 21.8. The number of piperidine rings is 1. The van der Waals surface area contributed by atoms with Crippen LogP contribution in [0.1, 0.15) is 57.6 Å². The molecule has 1 aliphatic rings. The second-order valence-corrected chi connectivity index (χ2v) is 7.89. The molecule has 176 valence electrons. The summed E-state index contributed by atoms with van der Waals surface area (Å²) >= 11 is 0. The Kier molecular flexibility index (Phi) is 13.6. The highest BCUT2D eigenvalue weighted by Crippen LogP contribution is 2.25. The van der Waals surface area contributed by atoms with Gasteiger partial charge in [-0.1, -0.05) is 25.5 Å².